The summed E-state index contributed by atoms with van der Waals surface area (Å²) in [6, 6.07) is 6.95. The molecule has 0 saturated carbocycles. The zero-order chi connectivity index (χ0) is 16.0. The first-order chi connectivity index (χ1) is 9.86. The van der Waals surface area contributed by atoms with Crippen LogP contribution >= 0.6 is 11.8 Å². The molecule has 112 valence electrons. The minimum atomic E-state index is -0.937. The highest BCUT2D eigenvalue weighted by atomic mass is 32.2. The quantitative estimate of drug-likeness (QED) is 0.645. The largest absolute Gasteiger partial charge is 0.481 e. The Balaban J connectivity index is 3.03. The van der Waals surface area contributed by atoms with Crippen LogP contribution in [0.4, 0.5) is 5.69 Å². The molecule has 1 unspecified atom stereocenters. The lowest BCUT2D eigenvalue weighted by molar-refractivity contribution is -0.140. The molecule has 0 bridgehead atoms. The Hall–Kier alpha value is -2.00. The summed E-state index contributed by atoms with van der Waals surface area (Å²) in [5, 5.41) is 19.6. The van der Waals surface area contributed by atoms with Crippen molar-refractivity contribution >= 4 is 29.3 Å². The van der Waals surface area contributed by atoms with Crippen molar-refractivity contribution in [1.82, 2.24) is 0 Å². The number of carboxylic acid groups (broad SMARTS) is 1. The van der Waals surface area contributed by atoms with Gasteiger partial charge in [0.1, 0.15) is 5.40 Å². The van der Waals surface area contributed by atoms with Gasteiger partial charge in [0.25, 0.3) is 0 Å². The van der Waals surface area contributed by atoms with Crippen LogP contribution in [-0.4, -0.2) is 23.5 Å². The molecule has 0 aliphatic carbocycles. The van der Waals surface area contributed by atoms with Gasteiger partial charge in [-0.3, -0.25) is 9.59 Å². The number of anilines is 1. The number of nitrogens with zero attached hydrogens (tertiary/aromatic N) is 2. The summed E-state index contributed by atoms with van der Waals surface area (Å²) in [5.41, 5.74) is 0.643. The Labute approximate surface area is 128 Å². The molecule has 1 aromatic rings. The lowest BCUT2D eigenvalue weighted by atomic mass is 10.1. The monoisotopic (exact) mass is 306 g/mol. The van der Waals surface area contributed by atoms with Crippen LogP contribution in [-0.2, 0) is 9.59 Å². The highest BCUT2D eigenvalue weighted by Gasteiger charge is 2.23. The topological polar surface area (TPSA) is 81.4 Å². The molecular formula is C15H18N2O3S. The molecule has 1 rings (SSSR count). The van der Waals surface area contributed by atoms with Crippen LogP contribution in [0.3, 0.4) is 0 Å². The molecular weight excluding hydrogens is 288 g/mol. The van der Waals surface area contributed by atoms with Gasteiger partial charge in [0.05, 0.1) is 5.92 Å². The van der Waals surface area contributed by atoms with Crippen LogP contribution in [0.5, 0.6) is 0 Å². The molecule has 0 spiro atoms. The van der Waals surface area contributed by atoms with Crippen LogP contribution in [0.1, 0.15) is 20.8 Å². The van der Waals surface area contributed by atoms with Gasteiger partial charge in [0, 0.05) is 23.0 Å². The number of hydrogen-bond acceptors (Lipinski definition) is 4. The second-order valence-corrected chi connectivity index (χ2v) is 5.89. The van der Waals surface area contributed by atoms with Crippen molar-refractivity contribution in [2.45, 2.75) is 25.7 Å². The van der Waals surface area contributed by atoms with Crippen molar-refractivity contribution in [3.8, 4) is 5.40 Å². The van der Waals surface area contributed by atoms with Gasteiger partial charge >= 0.3 is 5.97 Å². The molecule has 0 radical (unpaired) electrons. The van der Waals surface area contributed by atoms with Crippen LogP contribution in [0.25, 0.3) is 0 Å². The molecule has 0 fully saturated rings. The number of benzene rings is 1. The van der Waals surface area contributed by atoms with E-state index in [0.29, 0.717) is 5.69 Å². The fourth-order valence-electron chi connectivity index (χ4n) is 1.73. The highest BCUT2D eigenvalue weighted by molar-refractivity contribution is 8.03. The van der Waals surface area contributed by atoms with E-state index in [9.17, 15) is 9.59 Å². The molecule has 0 aromatic heterocycles. The number of hydrogen-bond donors (Lipinski definition) is 1. The zero-order valence-corrected chi connectivity index (χ0v) is 13.1. The molecule has 0 heterocycles. The van der Waals surface area contributed by atoms with Crippen molar-refractivity contribution < 1.29 is 14.7 Å². The van der Waals surface area contributed by atoms with Gasteiger partial charge in [-0.15, -0.1) is 0 Å². The van der Waals surface area contributed by atoms with Crippen LogP contribution in [0.15, 0.2) is 29.2 Å². The molecule has 1 amide bonds. The number of nitriles is 1. The number of aliphatic carboxylic acids is 1. The third kappa shape index (κ3) is 4.80. The molecule has 1 atom stereocenters. The minimum absolute atomic E-state index is 0.121. The number of carbonyl (C=O) groups excluding carboxylic acids is 1. The first-order valence-electron chi connectivity index (χ1n) is 6.57. The Morgan fingerprint density at radius 3 is 2.29 bits per heavy atom. The predicted molar refractivity (Wildman–Crippen MR) is 81.9 cm³/mol. The van der Waals surface area contributed by atoms with Crippen LogP contribution in [0.2, 0.25) is 0 Å². The SMILES string of the molecule is CC(C)C(=O)N(CC(C)C(=O)O)c1ccc(SC#N)cc1. The average Bonchev–Trinajstić information content (AvgIpc) is 2.45. The first kappa shape index (κ1) is 17.1. The summed E-state index contributed by atoms with van der Waals surface area (Å²) in [4.78, 5) is 25.6. The molecule has 1 aromatic carbocycles. The molecule has 0 saturated heterocycles. The summed E-state index contributed by atoms with van der Waals surface area (Å²) < 4.78 is 0. The van der Waals surface area contributed by atoms with E-state index in [1.165, 1.54) is 4.90 Å². The Bertz CT molecular complexity index is 549. The van der Waals surface area contributed by atoms with Gasteiger partial charge in [-0.05, 0) is 36.0 Å². The second-order valence-electron chi connectivity index (χ2n) is 5.03. The summed E-state index contributed by atoms with van der Waals surface area (Å²) in [7, 11) is 0. The van der Waals surface area contributed by atoms with Gasteiger partial charge < -0.3 is 10.0 Å². The van der Waals surface area contributed by atoms with E-state index in [1.807, 2.05) is 5.40 Å². The molecule has 21 heavy (non-hydrogen) atoms. The number of carbonyl (C=O) groups is 2. The first-order valence-corrected chi connectivity index (χ1v) is 7.38. The van der Waals surface area contributed by atoms with Crippen molar-refractivity contribution in [3.05, 3.63) is 24.3 Å². The number of rotatable bonds is 6. The van der Waals surface area contributed by atoms with Crippen LogP contribution in [0, 0.1) is 22.5 Å². The molecule has 5 nitrogen and oxygen atoms in total. The van der Waals surface area contributed by atoms with E-state index in [4.69, 9.17) is 10.4 Å². The normalized spacial score (nSPS) is 11.8. The lowest BCUT2D eigenvalue weighted by Gasteiger charge is -2.26. The predicted octanol–water partition coefficient (Wildman–Crippen LogP) is 2.97. The number of amides is 1. The third-order valence-electron chi connectivity index (χ3n) is 2.95. The average molecular weight is 306 g/mol. The van der Waals surface area contributed by atoms with Crippen molar-refractivity contribution in [1.29, 1.82) is 5.26 Å². The van der Waals surface area contributed by atoms with E-state index in [-0.39, 0.29) is 18.4 Å². The maximum Gasteiger partial charge on any atom is 0.308 e. The van der Waals surface area contributed by atoms with Gasteiger partial charge in [0.15, 0.2) is 0 Å². The highest BCUT2D eigenvalue weighted by Crippen LogP contribution is 2.23. The maximum atomic E-state index is 12.3. The fourth-order valence-corrected chi connectivity index (χ4v) is 2.11. The summed E-state index contributed by atoms with van der Waals surface area (Å²) in [5.74, 6) is -1.93. The van der Waals surface area contributed by atoms with Crippen molar-refractivity contribution in [2.24, 2.45) is 11.8 Å². The van der Waals surface area contributed by atoms with E-state index < -0.39 is 11.9 Å². The second kappa shape index (κ2) is 7.70. The van der Waals surface area contributed by atoms with Crippen molar-refractivity contribution in [3.63, 3.8) is 0 Å². The van der Waals surface area contributed by atoms with Gasteiger partial charge in [0.2, 0.25) is 5.91 Å². The van der Waals surface area contributed by atoms with Gasteiger partial charge in [-0.25, -0.2) is 0 Å². The summed E-state index contributed by atoms with van der Waals surface area (Å²) in [6.07, 6.45) is 0. The fraction of sp³-hybridized carbons (Fsp3) is 0.400. The number of thioether (sulfide) groups is 1. The third-order valence-corrected chi connectivity index (χ3v) is 3.55. The van der Waals surface area contributed by atoms with Crippen LogP contribution < -0.4 is 4.90 Å². The number of carboxylic acids is 1. The molecule has 6 heteroatoms. The molecule has 0 aliphatic rings. The Morgan fingerprint density at radius 2 is 1.86 bits per heavy atom. The summed E-state index contributed by atoms with van der Waals surface area (Å²) >= 11 is 1.04. The lowest BCUT2D eigenvalue weighted by Crippen LogP contribution is -2.39. The smallest absolute Gasteiger partial charge is 0.308 e. The zero-order valence-electron chi connectivity index (χ0n) is 12.2. The Morgan fingerprint density at radius 1 is 1.29 bits per heavy atom. The standard InChI is InChI=1S/C15H18N2O3S/c1-10(2)14(18)17(8-11(3)15(19)20)12-4-6-13(7-5-12)21-9-16/h4-7,10-11H,8H2,1-3H3,(H,19,20). The van der Waals surface area contributed by atoms with E-state index in [2.05, 4.69) is 0 Å². The minimum Gasteiger partial charge on any atom is -0.481 e. The van der Waals surface area contributed by atoms with E-state index in [0.717, 1.165) is 16.7 Å². The van der Waals surface area contributed by atoms with Gasteiger partial charge in [-0.2, -0.15) is 5.26 Å². The van der Waals surface area contributed by atoms with E-state index in [1.54, 1.807) is 45.0 Å². The number of thiocyanates is 1. The van der Waals surface area contributed by atoms with Crippen molar-refractivity contribution in [2.75, 3.05) is 11.4 Å². The molecule has 0 aliphatic heterocycles. The van der Waals surface area contributed by atoms with E-state index >= 15 is 0 Å². The summed E-state index contributed by atoms with van der Waals surface area (Å²) in [6.45, 7) is 5.25. The van der Waals surface area contributed by atoms with Gasteiger partial charge in [-0.1, -0.05) is 20.8 Å². The maximum absolute atomic E-state index is 12.3. The molecule has 1 N–H and O–H groups in total. The Kier molecular flexibility index (Phi) is 6.25.